The van der Waals surface area contributed by atoms with Crippen LogP contribution in [0, 0.1) is 10.1 Å². The van der Waals surface area contributed by atoms with Gasteiger partial charge in [0.05, 0.1) is 27.4 Å². The fraction of sp³-hybridized carbons (Fsp3) is 0.0625. The molecule has 0 aliphatic rings. The molecule has 0 radical (unpaired) electrons. The number of fused-ring (bicyclic) bond motifs is 1. The Balaban J connectivity index is 2.26. The Morgan fingerprint density at radius 3 is 2.80 bits per heavy atom. The normalized spacial score (nSPS) is 11.6. The van der Waals surface area contributed by atoms with Gasteiger partial charge in [-0.3, -0.25) is 14.9 Å². The van der Waals surface area contributed by atoms with Crippen LogP contribution in [0.2, 0.25) is 0 Å². The summed E-state index contributed by atoms with van der Waals surface area (Å²) in [5.74, 6) is 0.287. The molecule has 1 aromatic heterocycles. The molecule has 25 heavy (non-hydrogen) atoms. The van der Waals surface area contributed by atoms with Gasteiger partial charge < -0.3 is 10.7 Å². The number of amidine groups is 1. The molecule has 0 aliphatic heterocycles. The highest BCUT2D eigenvalue weighted by atomic mass is 35.5. The molecular weight excluding hydrogens is 346 g/mol. The zero-order valence-corrected chi connectivity index (χ0v) is 13.5. The van der Waals surface area contributed by atoms with Crippen LogP contribution in [-0.2, 0) is 0 Å². The van der Waals surface area contributed by atoms with Crippen molar-refractivity contribution >= 4 is 39.7 Å². The molecular formula is C16H12ClN5O3. The molecule has 0 fully saturated rings. The Bertz CT molecular complexity index is 1060. The number of aromatic nitrogens is 2. The second-order valence-electron chi connectivity index (χ2n) is 5.13. The van der Waals surface area contributed by atoms with E-state index in [2.05, 4.69) is 15.0 Å². The number of para-hydroxylation sites is 1. The van der Waals surface area contributed by atoms with Crippen LogP contribution < -0.4 is 11.3 Å². The molecule has 0 saturated carbocycles. The quantitative estimate of drug-likeness (QED) is 0.244. The van der Waals surface area contributed by atoms with Gasteiger partial charge in [0.2, 0.25) is 0 Å². The minimum absolute atomic E-state index is 0.0379. The van der Waals surface area contributed by atoms with Gasteiger partial charge in [0.1, 0.15) is 11.7 Å². The Morgan fingerprint density at radius 2 is 2.08 bits per heavy atom. The van der Waals surface area contributed by atoms with Crippen molar-refractivity contribution in [3.63, 3.8) is 0 Å². The Labute approximate surface area is 146 Å². The number of benzene rings is 2. The van der Waals surface area contributed by atoms with Crippen molar-refractivity contribution in [1.29, 1.82) is 0 Å². The first-order valence-corrected chi connectivity index (χ1v) is 7.70. The van der Waals surface area contributed by atoms with Gasteiger partial charge >= 0.3 is 0 Å². The summed E-state index contributed by atoms with van der Waals surface area (Å²) in [6.07, 6.45) is 0. The molecule has 0 spiro atoms. The van der Waals surface area contributed by atoms with Gasteiger partial charge in [-0.2, -0.15) is 0 Å². The van der Waals surface area contributed by atoms with Gasteiger partial charge in [0.15, 0.2) is 0 Å². The van der Waals surface area contributed by atoms with E-state index < -0.39 is 4.92 Å². The average molecular weight is 358 g/mol. The van der Waals surface area contributed by atoms with Crippen LogP contribution in [0.15, 0.2) is 52.3 Å². The SMILES string of the molecule is NC(CCl)=Nc1cc([N+](=O)[O-])ccc1-c1nc2ccccc2c(=O)[nH]1. The number of nitrogens with one attached hydrogen (secondary N) is 1. The van der Waals surface area contributed by atoms with Crippen LogP contribution in [0.25, 0.3) is 22.3 Å². The number of aromatic amines is 1. The van der Waals surface area contributed by atoms with Crippen molar-refractivity contribution < 1.29 is 4.92 Å². The largest absolute Gasteiger partial charge is 0.386 e. The third-order valence-corrected chi connectivity index (χ3v) is 3.73. The minimum atomic E-state index is -0.545. The molecule has 0 aliphatic carbocycles. The molecule has 8 nitrogen and oxygen atoms in total. The number of non-ortho nitro benzene ring substituents is 1. The van der Waals surface area contributed by atoms with E-state index in [-0.39, 0.29) is 34.5 Å². The van der Waals surface area contributed by atoms with Gasteiger partial charge in [-0.05, 0) is 18.2 Å². The molecule has 0 bridgehead atoms. The van der Waals surface area contributed by atoms with Gasteiger partial charge in [-0.15, -0.1) is 11.6 Å². The van der Waals surface area contributed by atoms with E-state index in [0.29, 0.717) is 16.5 Å². The summed E-state index contributed by atoms with van der Waals surface area (Å²) < 4.78 is 0. The number of hydrogen-bond acceptors (Lipinski definition) is 5. The predicted octanol–water partition coefficient (Wildman–Crippen LogP) is 2.73. The summed E-state index contributed by atoms with van der Waals surface area (Å²) in [5.41, 5.74) is 6.28. The molecule has 3 aromatic rings. The zero-order chi connectivity index (χ0) is 18.0. The number of nitro groups is 1. The number of alkyl halides is 1. The first kappa shape index (κ1) is 16.6. The first-order valence-electron chi connectivity index (χ1n) is 7.16. The van der Waals surface area contributed by atoms with E-state index in [1.807, 2.05) is 0 Å². The third-order valence-electron chi connectivity index (χ3n) is 3.46. The lowest BCUT2D eigenvalue weighted by Crippen LogP contribution is -2.13. The lowest BCUT2D eigenvalue weighted by atomic mass is 10.1. The third kappa shape index (κ3) is 3.33. The summed E-state index contributed by atoms with van der Waals surface area (Å²) in [6.45, 7) is 0. The van der Waals surface area contributed by atoms with Gasteiger partial charge in [-0.25, -0.2) is 9.98 Å². The lowest BCUT2D eigenvalue weighted by Gasteiger charge is -2.07. The van der Waals surface area contributed by atoms with Crippen molar-refractivity contribution in [2.45, 2.75) is 0 Å². The summed E-state index contributed by atoms with van der Waals surface area (Å²) in [5, 5.41) is 11.5. The standard InChI is InChI=1S/C16H12ClN5O3/c17-8-14(18)19-13-7-9(22(24)25)5-6-10(13)15-20-12-4-2-1-3-11(12)16(23)21-15/h1-7H,8H2,(H2,18,19)(H,20,21,23). The van der Waals surface area contributed by atoms with Crippen LogP contribution in [0.3, 0.4) is 0 Å². The minimum Gasteiger partial charge on any atom is -0.386 e. The first-order chi connectivity index (χ1) is 12.0. The van der Waals surface area contributed by atoms with Crippen LogP contribution in [-0.4, -0.2) is 26.6 Å². The Hall–Kier alpha value is -3.26. The highest BCUT2D eigenvalue weighted by molar-refractivity contribution is 6.28. The van der Waals surface area contributed by atoms with Crippen LogP contribution in [0.1, 0.15) is 0 Å². The van der Waals surface area contributed by atoms with Crippen molar-refractivity contribution in [1.82, 2.24) is 9.97 Å². The monoisotopic (exact) mass is 357 g/mol. The van der Waals surface area contributed by atoms with Gasteiger partial charge in [0.25, 0.3) is 11.2 Å². The maximum absolute atomic E-state index is 12.3. The highest BCUT2D eigenvalue weighted by Gasteiger charge is 2.15. The van der Waals surface area contributed by atoms with E-state index in [1.165, 1.54) is 18.2 Å². The van der Waals surface area contributed by atoms with Crippen molar-refractivity contribution in [2.75, 3.05) is 5.88 Å². The summed E-state index contributed by atoms with van der Waals surface area (Å²) in [4.78, 5) is 33.9. The number of nitrogens with two attached hydrogens (primary N) is 1. The van der Waals surface area contributed by atoms with Gasteiger partial charge in [0, 0.05) is 17.7 Å². The molecule has 126 valence electrons. The average Bonchev–Trinajstić information content (AvgIpc) is 2.61. The fourth-order valence-corrected chi connectivity index (χ4v) is 2.38. The van der Waals surface area contributed by atoms with E-state index in [4.69, 9.17) is 17.3 Å². The van der Waals surface area contributed by atoms with Crippen LogP contribution in [0.4, 0.5) is 11.4 Å². The number of rotatable bonds is 4. The molecule has 3 rings (SSSR count). The molecule has 3 N–H and O–H groups in total. The predicted molar refractivity (Wildman–Crippen MR) is 96.5 cm³/mol. The van der Waals surface area contributed by atoms with Crippen LogP contribution >= 0.6 is 11.6 Å². The van der Waals surface area contributed by atoms with E-state index >= 15 is 0 Å². The molecule has 2 aromatic carbocycles. The van der Waals surface area contributed by atoms with E-state index in [1.54, 1.807) is 24.3 Å². The zero-order valence-electron chi connectivity index (χ0n) is 12.8. The molecule has 0 unspecified atom stereocenters. The molecule has 0 atom stereocenters. The number of nitrogens with zero attached hydrogens (tertiary/aromatic N) is 3. The number of aliphatic imine (C=N–C) groups is 1. The van der Waals surface area contributed by atoms with Crippen LogP contribution in [0.5, 0.6) is 0 Å². The smallest absolute Gasteiger partial charge is 0.271 e. The van der Waals surface area contributed by atoms with Crippen molar-refractivity contribution in [3.05, 3.63) is 62.9 Å². The Kier molecular flexibility index (Phi) is 4.44. The van der Waals surface area contributed by atoms with Crippen molar-refractivity contribution in [3.8, 4) is 11.4 Å². The molecule has 0 amide bonds. The number of halogens is 1. The number of nitro benzene ring substituents is 1. The van der Waals surface area contributed by atoms with E-state index in [9.17, 15) is 14.9 Å². The van der Waals surface area contributed by atoms with Gasteiger partial charge in [-0.1, -0.05) is 12.1 Å². The lowest BCUT2D eigenvalue weighted by molar-refractivity contribution is -0.384. The number of H-pyrrole nitrogens is 1. The van der Waals surface area contributed by atoms with E-state index in [0.717, 1.165) is 0 Å². The summed E-state index contributed by atoms with van der Waals surface area (Å²) in [6, 6.07) is 10.9. The van der Waals surface area contributed by atoms with Crippen molar-refractivity contribution in [2.24, 2.45) is 10.7 Å². The second-order valence-corrected chi connectivity index (χ2v) is 5.39. The maximum Gasteiger partial charge on any atom is 0.271 e. The molecule has 0 saturated heterocycles. The maximum atomic E-state index is 12.3. The topological polar surface area (TPSA) is 127 Å². The molecule has 1 heterocycles. The Morgan fingerprint density at radius 1 is 1.32 bits per heavy atom. The number of hydrogen-bond donors (Lipinski definition) is 2. The summed E-state index contributed by atoms with van der Waals surface area (Å²) in [7, 11) is 0. The second kappa shape index (κ2) is 6.70. The highest BCUT2D eigenvalue weighted by Crippen LogP contribution is 2.32. The molecule has 9 heteroatoms. The fourth-order valence-electron chi connectivity index (χ4n) is 2.32. The summed E-state index contributed by atoms with van der Waals surface area (Å²) >= 11 is 5.64.